The number of carboxylic acid groups (broad SMARTS) is 1. The Labute approximate surface area is 476 Å². The maximum absolute atomic E-state index is 15.0. The van der Waals surface area contributed by atoms with Crippen molar-refractivity contribution in [1.82, 2.24) is 15.6 Å². The summed E-state index contributed by atoms with van der Waals surface area (Å²) in [5.41, 5.74) is 5.44. The van der Waals surface area contributed by atoms with E-state index in [1.807, 2.05) is 0 Å². The summed E-state index contributed by atoms with van der Waals surface area (Å²) in [4.78, 5) is 28.0. The van der Waals surface area contributed by atoms with Crippen LogP contribution < -0.4 is 15.1 Å². The van der Waals surface area contributed by atoms with E-state index in [-0.39, 0.29) is 66.3 Å². The lowest BCUT2D eigenvalue weighted by molar-refractivity contribution is 0.0122. The Bertz CT molecular complexity index is 3380. The van der Waals surface area contributed by atoms with Crippen LogP contribution in [0.15, 0.2) is 81.8 Å². The zero-order chi connectivity index (χ0) is 54.1. The van der Waals surface area contributed by atoms with E-state index in [0.717, 1.165) is 92.8 Å². The van der Waals surface area contributed by atoms with E-state index in [1.165, 1.54) is 24.3 Å². The molecular formula is C58H59Cl4F2N5O9S. The first-order chi connectivity index (χ1) is 37.6. The quantitative estimate of drug-likeness (QED) is 0.0832. The number of hydrogen-bond donors (Lipinski definition) is 2. The number of carbonyl (C=O) groups is 2. The highest BCUT2D eigenvalue weighted by molar-refractivity contribution is 7.92. The van der Waals surface area contributed by atoms with Crippen LogP contribution in [-0.2, 0) is 32.5 Å². The summed E-state index contributed by atoms with van der Waals surface area (Å²) >= 11 is 25.9. The van der Waals surface area contributed by atoms with Crippen molar-refractivity contribution >= 4 is 79.5 Å². The summed E-state index contributed by atoms with van der Waals surface area (Å²) in [6.45, 7) is 2.15. The second-order valence-electron chi connectivity index (χ2n) is 21.7. The lowest BCUT2D eigenvalue weighted by atomic mass is 10.0. The van der Waals surface area contributed by atoms with Gasteiger partial charge in [-0.2, -0.15) is 0 Å². The third-order valence-electron chi connectivity index (χ3n) is 16.5. The minimum atomic E-state index is -3.19. The summed E-state index contributed by atoms with van der Waals surface area (Å²) in [7, 11) is -3.19. The fourth-order valence-electron chi connectivity index (χ4n) is 12.0. The highest BCUT2D eigenvalue weighted by Gasteiger charge is 2.48. The average molecular weight is 1180 g/mol. The summed E-state index contributed by atoms with van der Waals surface area (Å²) in [6.07, 6.45) is 9.23. The van der Waals surface area contributed by atoms with Gasteiger partial charge in [-0.3, -0.25) is 4.79 Å². The highest BCUT2D eigenvalue weighted by atomic mass is 35.5. The maximum atomic E-state index is 15.0. The van der Waals surface area contributed by atoms with Crippen molar-refractivity contribution in [2.45, 2.75) is 126 Å². The monoisotopic (exact) mass is 1180 g/mol. The van der Waals surface area contributed by atoms with Gasteiger partial charge in [0.25, 0.3) is 5.91 Å². The van der Waals surface area contributed by atoms with Crippen molar-refractivity contribution in [2.75, 3.05) is 35.2 Å². The van der Waals surface area contributed by atoms with Crippen LogP contribution in [-0.4, -0.2) is 90.6 Å². The molecule has 5 aliphatic carbocycles. The molecule has 418 valence electrons. The Kier molecular flexibility index (Phi) is 15.9. The third kappa shape index (κ3) is 11.4. The lowest BCUT2D eigenvalue weighted by Crippen LogP contribution is -2.38. The van der Waals surface area contributed by atoms with E-state index in [2.05, 4.69) is 25.4 Å². The molecule has 6 aromatic rings. The first kappa shape index (κ1) is 55.6. The summed E-state index contributed by atoms with van der Waals surface area (Å²) in [5.74, 6) is -0.350. The van der Waals surface area contributed by atoms with Crippen LogP contribution in [0, 0.1) is 23.5 Å². The Morgan fingerprint density at radius 3 is 1.48 bits per heavy atom. The number of benzene rings is 4. The maximum Gasteiger partial charge on any atom is 0.338 e. The number of sulfone groups is 1. The number of piperidine rings is 2. The molecule has 2 saturated heterocycles. The van der Waals surface area contributed by atoms with Gasteiger partial charge < -0.3 is 38.7 Å². The van der Waals surface area contributed by atoms with Crippen molar-refractivity contribution in [3.8, 4) is 22.5 Å². The predicted octanol–water partition coefficient (Wildman–Crippen LogP) is 13.3. The van der Waals surface area contributed by atoms with Gasteiger partial charge in [-0.05, 0) is 125 Å². The minimum absolute atomic E-state index is 0. The van der Waals surface area contributed by atoms with Gasteiger partial charge in [-0.25, -0.2) is 22.0 Å². The van der Waals surface area contributed by atoms with Gasteiger partial charge in [0.2, 0.25) is 0 Å². The fourth-order valence-corrected chi connectivity index (χ4v) is 14.8. The van der Waals surface area contributed by atoms with Crippen LogP contribution in [0.3, 0.4) is 0 Å². The number of nitrogens with one attached hydrogen (secondary N) is 1. The molecule has 0 unspecified atom stereocenters. The molecule has 0 radical (unpaired) electrons. The van der Waals surface area contributed by atoms with E-state index in [0.29, 0.717) is 92.1 Å². The smallest absolute Gasteiger partial charge is 0.338 e. The van der Waals surface area contributed by atoms with Crippen molar-refractivity contribution in [2.24, 2.45) is 11.8 Å². The molecule has 0 spiro atoms. The number of carboxylic acids is 1. The van der Waals surface area contributed by atoms with Crippen molar-refractivity contribution in [1.29, 1.82) is 0 Å². The molecule has 13 rings (SSSR count). The molecule has 4 aromatic carbocycles. The third-order valence-corrected chi connectivity index (χ3v) is 20.0. The molecule has 7 aliphatic rings. The van der Waals surface area contributed by atoms with Gasteiger partial charge >= 0.3 is 5.97 Å². The van der Waals surface area contributed by atoms with Gasteiger partial charge in [0.05, 0.1) is 67.6 Å². The van der Waals surface area contributed by atoms with Crippen LogP contribution in [0.1, 0.15) is 127 Å². The number of anilines is 2. The molecule has 2 aromatic heterocycles. The minimum Gasteiger partial charge on any atom is -0.478 e. The van der Waals surface area contributed by atoms with Crippen LogP contribution in [0.4, 0.5) is 20.2 Å². The Balaban J connectivity index is 0.000000168. The van der Waals surface area contributed by atoms with Crippen molar-refractivity contribution < 1.29 is 50.4 Å². The highest BCUT2D eigenvalue weighted by Crippen LogP contribution is 2.50. The Morgan fingerprint density at radius 1 is 0.658 bits per heavy atom. The number of fused-ring (bicyclic) bond motifs is 4. The van der Waals surface area contributed by atoms with Crippen LogP contribution >= 0.6 is 46.4 Å². The molecule has 79 heavy (non-hydrogen) atoms. The lowest BCUT2D eigenvalue weighted by Gasteiger charge is -2.33. The molecular weight excluding hydrogens is 1120 g/mol. The van der Waals surface area contributed by atoms with Gasteiger partial charge in [-0.1, -0.05) is 76.3 Å². The van der Waals surface area contributed by atoms with E-state index < -0.39 is 33.3 Å². The molecule has 4 bridgehead atoms. The van der Waals surface area contributed by atoms with Gasteiger partial charge in [0, 0.05) is 89.0 Å². The number of rotatable bonds is 18. The number of amides is 1. The summed E-state index contributed by atoms with van der Waals surface area (Å²) in [5, 5.41) is 22.1. The molecule has 6 atom stereocenters. The first-order valence-corrected chi connectivity index (χ1v) is 29.8. The number of ether oxygens (including phenoxy) is 2. The molecule has 2 N–H and O–H groups in total. The summed E-state index contributed by atoms with van der Waals surface area (Å²) < 4.78 is 77.8. The van der Waals surface area contributed by atoms with Crippen LogP contribution in [0.5, 0.6) is 0 Å². The first-order valence-electron chi connectivity index (χ1n) is 26.5. The van der Waals surface area contributed by atoms with E-state index in [9.17, 15) is 22.4 Å². The van der Waals surface area contributed by atoms with Gasteiger partial charge in [0.1, 0.15) is 34.5 Å². The molecule has 21 heteroatoms. The van der Waals surface area contributed by atoms with E-state index >= 15 is 4.39 Å². The molecule has 1 amide bonds. The van der Waals surface area contributed by atoms with Crippen molar-refractivity contribution in [3.63, 3.8) is 0 Å². The average Bonchev–Trinajstić information content (AvgIpc) is 4.54. The van der Waals surface area contributed by atoms with Gasteiger partial charge in [-0.15, -0.1) is 0 Å². The van der Waals surface area contributed by atoms with Crippen LogP contribution in [0.2, 0.25) is 20.1 Å². The largest absolute Gasteiger partial charge is 0.478 e. The number of aromatic carboxylic acids is 1. The number of hydrogen-bond acceptors (Lipinski definition) is 12. The van der Waals surface area contributed by atoms with E-state index in [1.54, 1.807) is 48.5 Å². The van der Waals surface area contributed by atoms with Crippen LogP contribution in [0.25, 0.3) is 22.5 Å². The normalized spacial score (nSPS) is 23.0. The zero-order valence-electron chi connectivity index (χ0n) is 42.1. The molecule has 4 heterocycles. The summed E-state index contributed by atoms with van der Waals surface area (Å²) in [6, 6.07) is 20.1. The number of nitrogens with zero attached hydrogens (tertiary/aromatic N) is 4. The molecule has 2 aliphatic heterocycles. The number of carbonyl (C=O) groups excluding carboxylic acids is 1. The number of halogens is 6. The Hall–Kier alpha value is -5.27. The predicted molar refractivity (Wildman–Crippen MR) is 298 cm³/mol. The second-order valence-corrected chi connectivity index (χ2v) is 25.7. The van der Waals surface area contributed by atoms with Gasteiger partial charge in [0.15, 0.2) is 9.84 Å². The topological polar surface area (TPSA) is 178 Å². The van der Waals surface area contributed by atoms with E-state index in [4.69, 9.17) is 70.0 Å². The zero-order valence-corrected chi connectivity index (χ0v) is 46.0. The standard InChI is InChI=1S/C31H32Cl2FN3O5S.C26H23Cl2FN2O4.CH4/c32-24-2-1-3-25(33)28(24)29-23(30(42-36-29)17-4-5-17)16-41-27-14-20-12-18(27)15-37(20)19-6-9-22(26(34)13-19)31(38)35-10-11-43(39,40)21-7-8-21;27-19-2-1-3-20(28)23(19)24-18(25(35-30-24)13-4-5-13)12-34-22-10-16-8-14(22)11-31(16)15-6-7-17(26(32)33)21(29)9-15;/h1-3,6,9,13,17-18,20-21,27H,4-5,7-8,10-12,14-16H2,(H,35,38);1-3,6-7,9,13-14,16,22H,4-5,8,10-12H2,(H,32,33);1H4/t18-,20-,27+;14-,16-,22+;/m00./s1. The molecule has 14 nitrogen and oxygen atoms in total. The molecule has 5 saturated carbocycles. The van der Waals surface area contributed by atoms with Crippen molar-refractivity contribution in [3.05, 3.63) is 138 Å². The fraction of sp³-hybridized carbons (Fsp3) is 0.448. The Morgan fingerprint density at radius 2 is 1.10 bits per heavy atom. The second kappa shape index (κ2) is 22.6. The molecule has 7 fully saturated rings. The number of aromatic nitrogens is 2. The SMILES string of the molecule is C.O=C(NCCS(=O)(=O)C1CC1)c1ccc(N2C[C@@H]3C[C@H]2C[C@H]3OCc2c(-c3c(Cl)cccc3Cl)noc2C2CC2)cc1F.O=C(O)c1ccc(N2C[C@@H]3C[C@H]2C[C@H]3OCc2c(-c3c(Cl)cccc3Cl)noc2C2CC2)cc1F.